The van der Waals surface area contributed by atoms with Crippen LogP contribution in [0.15, 0.2) is 54.6 Å². The van der Waals surface area contributed by atoms with Crippen LogP contribution in [0.5, 0.6) is 0 Å². The van der Waals surface area contributed by atoms with Gasteiger partial charge in [0.15, 0.2) is 0 Å². The minimum absolute atomic E-state index is 0.189. The van der Waals surface area contributed by atoms with Crippen molar-refractivity contribution in [3.05, 3.63) is 71.3 Å². The van der Waals surface area contributed by atoms with Gasteiger partial charge in [0.25, 0.3) is 0 Å². The number of nitrogens with one attached hydrogen (secondary N) is 2. The summed E-state index contributed by atoms with van der Waals surface area (Å²) in [5.41, 5.74) is 8.22. The number of hydrogen-bond donors (Lipinski definition) is 2. The minimum Gasteiger partial charge on any atom is -0.273 e. The first-order chi connectivity index (χ1) is 11.2. The molecule has 4 heteroatoms. The Morgan fingerprint density at radius 3 is 2.04 bits per heavy atom. The van der Waals surface area contributed by atoms with Crippen molar-refractivity contribution in [2.45, 2.75) is 32.6 Å². The average molecular weight is 310 g/mol. The van der Waals surface area contributed by atoms with Gasteiger partial charge in [-0.1, -0.05) is 61.5 Å². The molecule has 2 aromatic rings. The van der Waals surface area contributed by atoms with E-state index in [1.807, 2.05) is 42.5 Å². The van der Waals surface area contributed by atoms with Crippen molar-refractivity contribution < 1.29 is 9.59 Å². The molecule has 4 nitrogen and oxygen atoms in total. The Labute approximate surface area is 136 Å². The third kappa shape index (κ3) is 5.94. The maximum absolute atomic E-state index is 11.8. The zero-order valence-corrected chi connectivity index (χ0v) is 13.3. The molecule has 0 heterocycles. The van der Waals surface area contributed by atoms with Gasteiger partial charge < -0.3 is 0 Å². The van der Waals surface area contributed by atoms with E-state index < -0.39 is 0 Å². The van der Waals surface area contributed by atoms with Crippen LogP contribution in [0.3, 0.4) is 0 Å². The van der Waals surface area contributed by atoms with Crippen molar-refractivity contribution in [2.24, 2.45) is 0 Å². The molecule has 2 N–H and O–H groups in total. The van der Waals surface area contributed by atoms with Crippen LogP contribution in [0.25, 0.3) is 0 Å². The molecule has 0 unspecified atom stereocenters. The van der Waals surface area contributed by atoms with Crippen LogP contribution in [0.2, 0.25) is 0 Å². The van der Waals surface area contributed by atoms with Gasteiger partial charge in [-0.3, -0.25) is 20.4 Å². The Bertz CT molecular complexity index is 636. The fourth-order valence-electron chi connectivity index (χ4n) is 2.23. The normalized spacial score (nSPS) is 10.1. The lowest BCUT2D eigenvalue weighted by Gasteiger charge is -2.08. The Hall–Kier alpha value is -2.62. The molecule has 0 aromatic heterocycles. The molecule has 0 atom stereocenters. The molecule has 0 aliphatic carbocycles. The molecule has 2 aromatic carbocycles. The van der Waals surface area contributed by atoms with Crippen molar-refractivity contribution in [2.75, 3.05) is 0 Å². The number of aryl methyl sites for hydroxylation is 2. The van der Waals surface area contributed by atoms with Crippen LogP contribution in [-0.2, 0) is 28.9 Å². The SMILES string of the molecule is CCc1ccc(CCC(=O)NNC(=O)Cc2ccccc2)cc1. The number of carbonyl (C=O) groups excluding carboxylic acids is 2. The van der Waals surface area contributed by atoms with Gasteiger partial charge in [-0.15, -0.1) is 0 Å². The third-order valence-electron chi connectivity index (χ3n) is 3.62. The lowest BCUT2D eigenvalue weighted by Crippen LogP contribution is -2.42. The maximum Gasteiger partial charge on any atom is 0.242 e. The summed E-state index contributed by atoms with van der Waals surface area (Å²) in [6.45, 7) is 2.11. The minimum atomic E-state index is -0.225. The van der Waals surface area contributed by atoms with Gasteiger partial charge in [0.05, 0.1) is 6.42 Å². The molecule has 0 aliphatic rings. The van der Waals surface area contributed by atoms with Gasteiger partial charge in [0, 0.05) is 6.42 Å². The van der Waals surface area contributed by atoms with Crippen LogP contribution in [0.1, 0.15) is 30.0 Å². The van der Waals surface area contributed by atoms with Crippen molar-refractivity contribution >= 4 is 11.8 Å². The molecule has 0 saturated carbocycles. The van der Waals surface area contributed by atoms with Gasteiger partial charge >= 0.3 is 0 Å². The Balaban J connectivity index is 1.69. The second-order valence-electron chi connectivity index (χ2n) is 5.43. The van der Waals surface area contributed by atoms with E-state index in [9.17, 15) is 9.59 Å². The number of carbonyl (C=O) groups is 2. The van der Waals surface area contributed by atoms with E-state index in [0.29, 0.717) is 12.8 Å². The lowest BCUT2D eigenvalue weighted by atomic mass is 10.1. The molecule has 2 rings (SSSR count). The smallest absolute Gasteiger partial charge is 0.242 e. The van der Waals surface area contributed by atoms with Crippen molar-refractivity contribution in [1.29, 1.82) is 0 Å². The molecular weight excluding hydrogens is 288 g/mol. The van der Waals surface area contributed by atoms with E-state index in [1.54, 1.807) is 0 Å². The van der Waals surface area contributed by atoms with Gasteiger partial charge in [-0.25, -0.2) is 0 Å². The van der Waals surface area contributed by atoms with Gasteiger partial charge in [0.1, 0.15) is 0 Å². The molecule has 0 saturated heterocycles. The molecule has 0 bridgehead atoms. The number of benzene rings is 2. The first-order valence-corrected chi connectivity index (χ1v) is 7.87. The summed E-state index contributed by atoms with van der Waals surface area (Å²) in [6, 6.07) is 17.7. The summed E-state index contributed by atoms with van der Waals surface area (Å²) in [6.07, 6.45) is 2.26. The summed E-state index contributed by atoms with van der Waals surface area (Å²) in [5.74, 6) is -0.414. The molecule has 120 valence electrons. The molecule has 0 spiro atoms. The number of rotatable bonds is 6. The monoisotopic (exact) mass is 310 g/mol. The lowest BCUT2D eigenvalue weighted by molar-refractivity contribution is -0.128. The molecule has 0 fully saturated rings. The highest BCUT2D eigenvalue weighted by Gasteiger charge is 2.06. The fraction of sp³-hybridized carbons (Fsp3) is 0.263. The van der Waals surface area contributed by atoms with E-state index in [1.165, 1.54) is 5.56 Å². The van der Waals surface area contributed by atoms with E-state index in [4.69, 9.17) is 0 Å². The van der Waals surface area contributed by atoms with E-state index >= 15 is 0 Å². The van der Waals surface area contributed by atoms with Crippen LogP contribution in [0.4, 0.5) is 0 Å². The highest BCUT2D eigenvalue weighted by atomic mass is 16.2. The summed E-state index contributed by atoms with van der Waals surface area (Å²) in [5, 5.41) is 0. The second kappa shape index (κ2) is 8.73. The fourth-order valence-corrected chi connectivity index (χ4v) is 2.23. The summed E-state index contributed by atoms with van der Waals surface area (Å²) in [7, 11) is 0. The van der Waals surface area contributed by atoms with Crippen LogP contribution >= 0.6 is 0 Å². The van der Waals surface area contributed by atoms with E-state index in [-0.39, 0.29) is 18.2 Å². The molecular formula is C19H22N2O2. The largest absolute Gasteiger partial charge is 0.273 e. The number of hydrazine groups is 1. The summed E-state index contributed by atoms with van der Waals surface area (Å²) < 4.78 is 0. The average Bonchev–Trinajstić information content (AvgIpc) is 2.59. The van der Waals surface area contributed by atoms with E-state index in [0.717, 1.165) is 17.5 Å². The quantitative estimate of drug-likeness (QED) is 0.806. The zero-order chi connectivity index (χ0) is 16.5. The van der Waals surface area contributed by atoms with Gasteiger partial charge in [-0.2, -0.15) is 0 Å². The van der Waals surface area contributed by atoms with Crippen LogP contribution < -0.4 is 10.9 Å². The Kier molecular flexibility index (Phi) is 6.36. The maximum atomic E-state index is 11.8. The zero-order valence-electron chi connectivity index (χ0n) is 13.3. The first kappa shape index (κ1) is 16.7. The first-order valence-electron chi connectivity index (χ1n) is 7.87. The second-order valence-corrected chi connectivity index (χ2v) is 5.43. The van der Waals surface area contributed by atoms with Gasteiger partial charge in [-0.05, 0) is 29.5 Å². The highest BCUT2D eigenvalue weighted by molar-refractivity contribution is 5.83. The van der Waals surface area contributed by atoms with E-state index in [2.05, 4.69) is 29.9 Å². The molecule has 2 amide bonds. The van der Waals surface area contributed by atoms with Gasteiger partial charge in [0.2, 0.25) is 11.8 Å². The Morgan fingerprint density at radius 2 is 1.39 bits per heavy atom. The summed E-state index contributed by atoms with van der Waals surface area (Å²) >= 11 is 0. The number of hydrogen-bond acceptors (Lipinski definition) is 2. The molecule has 0 aliphatic heterocycles. The predicted molar refractivity (Wildman–Crippen MR) is 90.6 cm³/mol. The van der Waals surface area contributed by atoms with Crippen molar-refractivity contribution in [3.8, 4) is 0 Å². The molecule has 23 heavy (non-hydrogen) atoms. The van der Waals surface area contributed by atoms with Crippen molar-refractivity contribution in [1.82, 2.24) is 10.9 Å². The van der Waals surface area contributed by atoms with Crippen LogP contribution in [0, 0.1) is 0 Å². The Morgan fingerprint density at radius 1 is 0.783 bits per heavy atom. The third-order valence-corrected chi connectivity index (χ3v) is 3.62. The molecule has 0 radical (unpaired) electrons. The van der Waals surface area contributed by atoms with Crippen molar-refractivity contribution in [3.63, 3.8) is 0 Å². The standard InChI is InChI=1S/C19H22N2O2/c1-2-15-8-10-16(11-9-15)12-13-18(22)20-21-19(23)14-17-6-4-3-5-7-17/h3-11H,2,12-14H2,1H3,(H,20,22)(H,21,23). The van der Waals surface area contributed by atoms with Crippen LogP contribution in [-0.4, -0.2) is 11.8 Å². The summed E-state index contributed by atoms with van der Waals surface area (Å²) in [4.78, 5) is 23.5. The predicted octanol–water partition coefficient (Wildman–Crippen LogP) is 2.57. The number of amides is 2. The highest BCUT2D eigenvalue weighted by Crippen LogP contribution is 2.07. The topological polar surface area (TPSA) is 58.2 Å².